The van der Waals surface area contributed by atoms with Crippen molar-refractivity contribution in [3.05, 3.63) is 144 Å². The number of hydrogen-bond donors (Lipinski definition) is 0. The predicted molar refractivity (Wildman–Crippen MR) is 206 cm³/mol. The second kappa shape index (κ2) is 11.0. The van der Waals surface area contributed by atoms with Crippen LogP contribution in [0.15, 0.2) is 122 Å². The lowest BCUT2D eigenvalue weighted by Gasteiger charge is -2.16. The van der Waals surface area contributed by atoms with Gasteiger partial charge < -0.3 is 4.74 Å². The van der Waals surface area contributed by atoms with Crippen LogP contribution >= 0.6 is 0 Å². The summed E-state index contributed by atoms with van der Waals surface area (Å²) >= 11 is 0. The van der Waals surface area contributed by atoms with Crippen LogP contribution in [0.2, 0.25) is 0 Å². The fourth-order valence-electron chi connectivity index (χ4n) is 8.08. The van der Waals surface area contributed by atoms with Crippen LogP contribution in [0.25, 0.3) is 77.2 Å². The molecule has 0 aliphatic carbocycles. The van der Waals surface area contributed by atoms with Crippen LogP contribution in [-0.4, -0.2) is 28.7 Å². The molecule has 5 aromatic heterocycles. The number of benzene rings is 5. The van der Waals surface area contributed by atoms with Gasteiger partial charge in [0.05, 0.1) is 17.4 Å². The minimum absolute atomic E-state index is 0.720. The second-order valence-electron chi connectivity index (χ2n) is 13.5. The van der Waals surface area contributed by atoms with Crippen LogP contribution in [-0.2, 0) is 0 Å². The summed E-state index contributed by atoms with van der Waals surface area (Å²) in [4.78, 5) is 18.6. The van der Waals surface area contributed by atoms with E-state index in [1.54, 1.807) is 12.5 Å². The Morgan fingerprint density at radius 2 is 1.16 bits per heavy atom. The lowest BCUT2D eigenvalue weighted by molar-refractivity contribution is 0.484. The summed E-state index contributed by atoms with van der Waals surface area (Å²) in [5, 5.41) is 6.27. The molecule has 0 unspecified atom stereocenters. The fourth-order valence-corrected chi connectivity index (χ4v) is 8.08. The molecule has 0 N–H and O–H groups in total. The Bertz CT molecular complexity index is 3020. The molecule has 10 rings (SSSR count). The highest BCUT2D eigenvalue weighted by Gasteiger charge is 2.19. The van der Waals surface area contributed by atoms with Gasteiger partial charge in [0, 0.05) is 45.7 Å². The molecule has 0 saturated heterocycles. The first-order valence-electron chi connectivity index (χ1n) is 17.1. The summed E-state index contributed by atoms with van der Waals surface area (Å²) in [7, 11) is 0. The number of rotatable bonds is 4. The van der Waals surface area contributed by atoms with Crippen molar-refractivity contribution in [1.29, 1.82) is 0 Å². The number of aromatic nitrogens is 6. The Morgan fingerprint density at radius 3 is 1.88 bits per heavy atom. The van der Waals surface area contributed by atoms with Gasteiger partial charge in [-0.1, -0.05) is 48.5 Å². The Labute approximate surface area is 293 Å². The van der Waals surface area contributed by atoms with Crippen molar-refractivity contribution in [3.63, 3.8) is 0 Å². The van der Waals surface area contributed by atoms with Crippen LogP contribution in [0, 0.1) is 27.7 Å². The zero-order chi connectivity index (χ0) is 34.4. The highest BCUT2D eigenvalue weighted by molar-refractivity contribution is 6.14. The molecule has 0 bridgehead atoms. The molecule has 0 spiro atoms. The van der Waals surface area contributed by atoms with Gasteiger partial charge in [-0.3, -0.25) is 8.80 Å². The summed E-state index contributed by atoms with van der Waals surface area (Å²) in [6, 6.07) is 32.3. The van der Waals surface area contributed by atoms with Crippen molar-refractivity contribution in [2.75, 3.05) is 0 Å². The monoisotopic (exact) mass is 660 g/mol. The van der Waals surface area contributed by atoms with Crippen LogP contribution in [0.3, 0.4) is 0 Å². The van der Waals surface area contributed by atoms with E-state index in [0.29, 0.717) is 0 Å². The molecule has 5 aromatic carbocycles. The number of imidazole rings is 2. The van der Waals surface area contributed by atoms with E-state index in [1.165, 1.54) is 38.9 Å². The Kier molecular flexibility index (Phi) is 6.30. The van der Waals surface area contributed by atoms with Gasteiger partial charge in [-0.2, -0.15) is 0 Å². The summed E-state index contributed by atoms with van der Waals surface area (Å²) in [6.07, 6.45) is 9.17. The second-order valence-corrected chi connectivity index (χ2v) is 13.5. The first-order valence-corrected chi connectivity index (χ1v) is 17.1. The predicted octanol–water partition coefficient (Wildman–Crippen LogP) is 10.7. The van der Waals surface area contributed by atoms with E-state index < -0.39 is 0 Å². The maximum absolute atomic E-state index is 6.62. The van der Waals surface area contributed by atoms with Gasteiger partial charge in [-0.15, -0.1) is 0 Å². The van der Waals surface area contributed by atoms with Gasteiger partial charge in [-0.05, 0) is 114 Å². The molecule has 244 valence electrons. The SMILES string of the molecule is Cc1cccc(C)c1-c1ccc2c3ccc(Oc4ccc5c6cncnc6n6ccnc6c5c4)cc3c3ncc(-c4c(C)cccc4C)n3c2c1. The third-order valence-electron chi connectivity index (χ3n) is 10.3. The Balaban J connectivity index is 1.19. The molecule has 7 heteroatoms. The van der Waals surface area contributed by atoms with Crippen molar-refractivity contribution in [3.8, 4) is 33.9 Å². The molecule has 0 radical (unpaired) electrons. The quantitative estimate of drug-likeness (QED) is 0.176. The van der Waals surface area contributed by atoms with Crippen LogP contribution in [0.4, 0.5) is 0 Å². The molecular weight excluding hydrogens is 629 g/mol. The average molecular weight is 661 g/mol. The first kappa shape index (κ1) is 29.3. The number of pyridine rings is 2. The van der Waals surface area contributed by atoms with Gasteiger partial charge in [0.15, 0.2) is 0 Å². The molecule has 0 amide bonds. The van der Waals surface area contributed by atoms with Crippen molar-refractivity contribution in [2.45, 2.75) is 27.7 Å². The zero-order valence-corrected chi connectivity index (χ0v) is 28.6. The molecule has 51 heavy (non-hydrogen) atoms. The lowest BCUT2D eigenvalue weighted by Crippen LogP contribution is -1.98. The zero-order valence-electron chi connectivity index (χ0n) is 28.6. The number of ether oxygens (including phenoxy) is 1. The van der Waals surface area contributed by atoms with Gasteiger partial charge in [0.25, 0.3) is 0 Å². The minimum Gasteiger partial charge on any atom is -0.457 e. The number of aryl methyl sites for hydroxylation is 4. The van der Waals surface area contributed by atoms with Crippen LogP contribution in [0.1, 0.15) is 22.3 Å². The van der Waals surface area contributed by atoms with Gasteiger partial charge in [-0.25, -0.2) is 19.9 Å². The van der Waals surface area contributed by atoms with Gasteiger partial charge in [0.2, 0.25) is 0 Å². The number of hydrogen-bond acceptors (Lipinski definition) is 5. The average Bonchev–Trinajstić information content (AvgIpc) is 3.81. The van der Waals surface area contributed by atoms with Crippen molar-refractivity contribution in [1.82, 2.24) is 28.7 Å². The summed E-state index contributed by atoms with van der Waals surface area (Å²) in [5.74, 6) is 1.45. The Hall–Kier alpha value is -6.60. The van der Waals surface area contributed by atoms with E-state index in [0.717, 1.165) is 72.0 Å². The molecule has 0 saturated carbocycles. The molecule has 0 aliphatic heterocycles. The van der Waals surface area contributed by atoms with E-state index in [-0.39, 0.29) is 0 Å². The molecule has 10 aromatic rings. The minimum atomic E-state index is 0.720. The molecular formula is C44H32N6O. The molecule has 0 atom stereocenters. The summed E-state index contributed by atoms with van der Waals surface area (Å²) < 4.78 is 11.0. The highest BCUT2D eigenvalue weighted by Crippen LogP contribution is 2.40. The summed E-state index contributed by atoms with van der Waals surface area (Å²) in [6.45, 7) is 8.73. The highest BCUT2D eigenvalue weighted by atomic mass is 16.5. The lowest BCUT2D eigenvalue weighted by atomic mass is 9.94. The van der Waals surface area contributed by atoms with Crippen molar-refractivity contribution in [2.24, 2.45) is 0 Å². The van der Waals surface area contributed by atoms with E-state index >= 15 is 0 Å². The third-order valence-corrected chi connectivity index (χ3v) is 10.3. The standard InChI is InChI=1S/C44H32N6O/c1-25-7-5-8-26(2)40(25)29-11-14-34-32-15-12-31(21-36(32)44-47-23-39(50(44)38(34)19-29)41-27(3)9-6-10-28(41)4)51-30-13-16-33-35(20-30)42-46-17-18-49(42)43-37(33)22-45-24-48-43/h5-24H,1-4H3. The number of nitrogens with zero attached hydrogens (tertiary/aromatic N) is 6. The van der Waals surface area contributed by atoms with E-state index in [1.807, 2.05) is 35.1 Å². The molecule has 0 fully saturated rings. The summed E-state index contributed by atoms with van der Waals surface area (Å²) in [5.41, 5.74) is 13.4. The smallest absolute Gasteiger partial charge is 0.149 e. The van der Waals surface area contributed by atoms with E-state index in [9.17, 15) is 0 Å². The largest absolute Gasteiger partial charge is 0.457 e. The molecule has 5 heterocycles. The molecule has 7 nitrogen and oxygen atoms in total. The van der Waals surface area contributed by atoms with Crippen LogP contribution in [0.5, 0.6) is 11.5 Å². The van der Waals surface area contributed by atoms with Crippen molar-refractivity contribution >= 4 is 54.8 Å². The fraction of sp³-hybridized carbons (Fsp3) is 0.0909. The van der Waals surface area contributed by atoms with E-state index in [2.05, 4.69) is 126 Å². The van der Waals surface area contributed by atoms with Crippen molar-refractivity contribution < 1.29 is 4.74 Å². The third kappa shape index (κ3) is 4.37. The van der Waals surface area contributed by atoms with Gasteiger partial charge in [0.1, 0.15) is 34.8 Å². The Morgan fingerprint density at radius 1 is 0.529 bits per heavy atom. The first-order chi connectivity index (χ1) is 24.9. The normalized spacial score (nSPS) is 11.9. The van der Waals surface area contributed by atoms with E-state index in [4.69, 9.17) is 9.72 Å². The van der Waals surface area contributed by atoms with Gasteiger partial charge >= 0.3 is 0 Å². The molecule has 0 aliphatic rings. The maximum Gasteiger partial charge on any atom is 0.149 e. The topological polar surface area (TPSA) is 69.6 Å². The van der Waals surface area contributed by atoms with Crippen LogP contribution < -0.4 is 4.74 Å². The number of fused-ring (bicyclic) bond motifs is 12. The maximum atomic E-state index is 6.62.